The van der Waals surface area contributed by atoms with E-state index in [1.54, 1.807) is 23.7 Å². The van der Waals surface area contributed by atoms with Crippen molar-refractivity contribution in [3.8, 4) is 0 Å². The van der Waals surface area contributed by atoms with Gasteiger partial charge in [-0.25, -0.2) is 0 Å². The third-order valence-corrected chi connectivity index (χ3v) is 8.86. The van der Waals surface area contributed by atoms with Gasteiger partial charge in [-0.1, -0.05) is 42.6 Å². The van der Waals surface area contributed by atoms with E-state index in [2.05, 4.69) is 39.4 Å². The Labute approximate surface area is 231 Å². The highest BCUT2D eigenvalue weighted by Crippen LogP contribution is 2.32. The number of piperazine rings is 1. The lowest BCUT2D eigenvalue weighted by Crippen LogP contribution is -2.49. The first-order valence-corrected chi connectivity index (χ1v) is 14.3. The SMILES string of the molecule is O=C(/C=C/c1ccc(Cl)c([N+](=O)[O-])c1)NC[C@H]1CCCC[C@@H]1CN1CCN(c2nsc3ccccc23)CC1. The number of nitrogens with one attached hydrogen (secondary N) is 1. The van der Waals surface area contributed by atoms with E-state index < -0.39 is 4.92 Å². The topological polar surface area (TPSA) is 91.6 Å². The summed E-state index contributed by atoms with van der Waals surface area (Å²) in [6.07, 6.45) is 7.79. The first-order chi connectivity index (χ1) is 18.5. The van der Waals surface area contributed by atoms with E-state index in [0.29, 0.717) is 23.9 Å². The molecule has 1 saturated carbocycles. The summed E-state index contributed by atoms with van der Waals surface area (Å²) < 4.78 is 5.97. The molecule has 0 bridgehead atoms. The van der Waals surface area contributed by atoms with Crippen LogP contribution in [0.25, 0.3) is 16.2 Å². The van der Waals surface area contributed by atoms with Gasteiger partial charge in [0.05, 0.1) is 9.62 Å². The molecule has 1 amide bonds. The van der Waals surface area contributed by atoms with Crippen LogP contribution in [-0.4, -0.2) is 59.4 Å². The number of hydrogen-bond acceptors (Lipinski definition) is 7. The molecule has 0 radical (unpaired) electrons. The standard InChI is InChI=1S/C28H32ClN5O3S/c29-24-11-9-20(17-25(24)34(36)37)10-12-27(35)30-18-21-5-1-2-6-22(21)19-32-13-15-33(16-14-32)28-23-7-3-4-8-26(23)38-31-28/h3-4,7-12,17,21-22H,1-2,5-6,13-16,18-19H2,(H,30,35)/b12-10+/t21-,22-/m1/s1. The van der Waals surface area contributed by atoms with Crippen molar-refractivity contribution in [3.05, 3.63) is 69.2 Å². The average molecular weight is 554 g/mol. The highest BCUT2D eigenvalue weighted by Gasteiger charge is 2.29. The van der Waals surface area contributed by atoms with Gasteiger partial charge in [-0.15, -0.1) is 0 Å². The maximum absolute atomic E-state index is 12.5. The summed E-state index contributed by atoms with van der Waals surface area (Å²) in [5, 5.41) is 15.5. The molecule has 2 aliphatic rings. The monoisotopic (exact) mass is 553 g/mol. The normalized spacial score (nSPS) is 20.7. The number of nitrogens with zero attached hydrogens (tertiary/aromatic N) is 4. The van der Waals surface area contributed by atoms with Gasteiger partial charge in [-0.3, -0.25) is 19.8 Å². The number of hydrogen-bond donors (Lipinski definition) is 1. The van der Waals surface area contributed by atoms with E-state index in [-0.39, 0.29) is 16.6 Å². The zero-order valence-corrected chi connectivity index (χ0v) is 22.8. The molecule has 1 aliphatic heterocycles. The van der Waals surface area contributed by atoms with Crippen LogP contribution in [0.1, 0.15) is 31.2 Å². The molecule has 3 aromatic rings. The van der Waals surface area contributed by atoms with Crippen LogP contribution < -0.4 is 10.2 Å². The fraction of sp³-hybridized carbons (Fsp3) is 0.429. The number of aromatic nitrogens is 1. The van der Waals surface area contributed by atoms with Gasteiger partial charge in [0.1, 0.15) is 10.8 Å². The Kier molecular flexibility index (Phi) is 8.56. The van der Waals surface area contributed by atoms with Crippen molar-refractivity contribution in [2.24, 2.45) is 11.8 Å². The van der Waals surface area contributed by atoms with Crippen LogP contribution in [-0.2, 0) is 4.79 Å². The van der Waals surface area contributed by atoms with Gasteiger partial charge >= 0.3 is 0 Å². The van der Waals surface area contributed by atoms with Gasteiger partial charge in [0.25, 0.3) is 5.69 Å². The van der Waals surface area contributed by atoms with E-state index in [1.165, 1.54) is 47.6 Å². The molecule has 1 aliphatic carbocycles. The summed E-state index contributed by atoms with van der Waals surface area (Å²) in [6, 6.07) is 13.0. The molecule has 0 unspecified atom stereocenters. The summed E-state index contributed by atoms with van der Waals surface area (Å²) in [5.74, 6) is 1.96. The number of benzene rings is 2. The fourth-order valence-corrected chi connectivity index (χ4v) is 6.59. The van der Waals surface area contributed by atoms with E-state index in [1.807, 2.05) is 0 Å². The van der Waals surface area contributed by atoms with Crippen LogP contribution in [0.3, 0.4) is 0 Å². The minimum Gasteiger partial charge on any atom is -0.353 e. The van der Waals surface area contributed by atoms with Crippen molar-refractivity contribution in [1.29, 1.82) is 0 Å². The number of nitro benzene ring substituents is 1. The second kappa shape index (κ2) is 12.2. The molecule has 38 heavy (non-hydrogen) atoms. The number of amides is 1. The van der Waals surface area contributed by atoms with Crippen LogP contribution in [0.5, 0.6) is 0 Å². The van der Waals surface area contributed by atoms with Crippen LogP contribution in [0, 0.1) is 22.0 Å². The van der Waals surface area contributed by atoms with Crippen molar-refractivity contribution in [2.75, 3.05) is 44.2 Å². The first-order valence-electron chi connectivity index (χ1n) is 13.2. The highest BCUT2D eigenvalue weighted by molar-refractivity contribution is 7.13. The smallest absolute Gasteiger partial charge is 0.288 e. The fourth-order valence-electron chi connectivity index (χ4n) is 5.60. The lowest BCUT2D eigenvalue weighted by molar-refractivity contribution is -0.384. The Hall–Kier alpha value is -3.01. The highest BCUT2D eigenvalue weighted by atomic mass is 35.5. The third-order valence-electron chi connectivity index (χ3n) is 7.72. The largest absolute Gasteiger partial charge is 0.353 e. The number of carbonyl (C=O) groups excluding carboxylic acids is 1. The Morgan fingerprint density at radius 1 is 1.13 bits per heavy atom. The molecule has 2 fully saturated rings. The first kappa shape index (κ1) is 26.6. The molecule has 8 nitrogen and oxygen atoms in total. The van der Waals surface area contributed by atoms with E-state index in [4.69, 9.17) is 16.0 Å². The number of rotatable bonds is 8. The Morgan fingerprint density at radius 2 is 1.89 bits per heavy atom. The lowest BCUT2D eigenvalue weighted by atomic mass is 9.78. The predicted molar refractivity (Wildman–Crippen MR) is 154 cm³/mol. The number of nitro groups is 1. The van der Waals surface area contributed by atoms with Gasteiger partial charge in [0, 0.05) is 56.8 Å². The van der Waals surface area contributed by atoms with E-state index in [9.17, 15) is 14.9 Å². The molecular formula is C28H32ClN5O3S. The van der Waals surface area contributed by atoms with E-state index >= 15 is 0 Å². The second-order valence-corrected chi connectivity index (χ2v) is 11.4. The zero-order chi connectivity index (χ0) is 26.5. The number of carbonyl (C=O) groups is 1. The summed E-state index contributed by atoms with van der Waals surface area (Å²) >= 11 is 7.44. The minimum absolute atomic E-state index is 0.0815. The molecule has 200 valence electrons. The molecule has 2 aromatic carbocycles. The van der Waals surface area contributed by atoms with Gasteiger partial charge in [0.2, 0.25) is 5.91 Å². The number of anilines is 1. The van der Waals surface area contributed by atoms with Gasteiger partial charge < -0.3 is 10.2 Å². The van der Waals surface area contributed by atoms with Crippen molar-refractivity contribution in [2.45, 2.75) is 25.7 Å². The van der Waals surface area contributed by atoms with Gasteiger partial charge in [-0.05, 0) is 66.0 Å². The zero-order valence-electron chi connectivity index (χ0n) is 21.2. The molecule has 1 saturated heterocycles. The van der Waals surface area contributed by atoms with Gasteiger partial charge in [0.15, 0.2) is 0 Å². The molecule has 2 heterocycles. The number of halogens is 1. The third kappa shape index (κ3) is 6.34. The van der Waals surface area contributed by atoms with Crippen LogP contribution in [0.4, 0.5) is 11.5 Å². The van der Waals surface area contributed by atoms with Crippen LogP contribution in [0.15, 0.2) is 48.5 Å². The average Bonchev–Trinajstić information content (AvgIpc) is 3.36. The van der Waals surface area contributed by atoms with E-state index in [0.717, 1.165) is 45.0 Å². The maximum Gasteiger partial charge on any atom is 0.288 e. The molecule has 1 N–H and O–H groups in total. The van der Waals surface area contributed by atoms with Gasteiger partial charge in [-0.2, -0.15) is 4.37 Å². The minimum atomic E-state index is -0.524. The summed E-state index contributed by atoms with van der Waals surface area (Å²) in [4.78, 5) is 28.1. The lowest BCUT2D eigenvalue weighted by Gasteiger charge is -2.40. The molecule has 1 aromatic heterocycles. The summed E-state index contributed by atoms with van der Waals surface area (Å²) in [6.45, 7) is 5.73. The number of fused-ring (bicyclic) bond motifs is 1. The molecule has 0 spiro atoms. The molecular weight excluding hydrogens is 522 g/mol. The van der Waals surface area contributed by atoms with Crippen molar-refractivity contribution in [1.82, 2.24) is 14.6 Å². The maximum atomic E-state index is 12.5. The Bertz CT molecular complexity index is 1320. The predicted octanol–water partition coefficient (Wildman–Crippen LogP) is 5.62. The van der Waals surface area contributed by atoms with Crippen molar-refractivity contribution < 1.29 is 9.72 Å². The van der Waals surface area contributed by atoms with Crippen molar-refractivity contribution >= 4 is 56.7 Å². The Balaban J connectivity index is 1.11. The van der Waals surface area contributed by atoms with Crippen LogP contribution >= 0.6 is 23.1 Å². The summed E-state index contributed by atoms with van der Waals surface area (Å²) in [7, 11) is 0. The second-order valence-electron chi connectivity index (χ2n) is 10.1. The summed E-state index contributed by atoms with van der Waals surface area (Å²) in [5.41, 5.74) is 0.400. The van der Waals surface area contributed by atoms with Crippen LogP contribution in [0.2, 0.25) is 5.02 Å². The molecule has 2 atom stereocenters. The Morgan fingerprint density at radius 3 is 2.68 bits per heavy atom. The quantitative estimate of drug-likeness (QED) is 0.221. The van der Waals surface area contributed by atoms with Crippen molar-refractivity contribution in [3.63, 3.8) is 0 Å². The molecule has 10 heteroatoms. The molecule has 5 rings (SSSR count).